The molecule has 2 aromatic heterocycles. The standard InChI is InChI=1S/C22H20Cl2N4O3/c1-29-18-9-14(10-19(30-2)22(18)31-3)17-12-26-21-7-6-20(27-28(17)21)25-11-13-4-5-15(23)16(24)8-13/h4-10,12H,11H2,1-3H3,(H,25,27). The molecule has 4 rings (SSSR count). The van der Waals surface area contributed by atoms with Crippen molar-refractivity contribution in [3.8, 4) is 28.5 Å². The van der Waals surface area contributed by atoms with Gasteiger partial charge in [-0.3, -0.25) is 0 Å². The first-order valence-electron chi connectivity index (χ1n) is 9.37. The fraction of sp³-hybridized carbons (Fsp3) is 0.182. The predicted octanol–water partition coefficient (Wildman–Crippen LogP) is 5.34. The Balaban J connectivity index is 1.68. The van der Waals surface area contributed by atoms with Crippen LogP contribution in [0.5, 0.6) is 17.2 Å². The second-order valence-corrected chi connectivity index (χ2v) is 7.46. The van der Waals surface area contributed by atoms with Crippen LogP contribution in [0.15, 0.2) is 48.7 Å². The van der Waals surface area contributed by atoms with E-state index in [0.717, 1.165) is 16.8 Å². The maximum Gasteiger partial charge on any atom is 0.203 e. The van der Waals surface area contributed by atoms with E-state index in [9.17, 15) is 0 Å². The second kappa shape index (κ2) is 8.91. The van der Waals surface area contributed by atoms with Gasteiger partial charge >= 0.3 is 0 Å². The minimum absolute atomic E-state index is 0.517. The summed E-state index contributed by atoms with van der Waals surface area (Å²) in [5, 5.41) is 9.04. The second-order valence-electron chi connectivity index (χ2n) is 6.65. The number of halogens is 2. The Labute approximate surface area is 189 Å². The van der Waals surface area contributed by atoms with Crippen molar-refractivity contribution in [3.05, 3.63) is 64.3 Å². The molecule has 31 heavy (non-hydrogen) atoms. The number of aromatic nitrogens is 3. The summed E-state index contributed by atoms with van der Waals surface area (Å²) in [4.78, 5) is 4.46. The lowest BCUT2D eigenvalue weighted by molar-refractivity contribution is 0.324. The lowest BCUT2D eigenvalue weighted by Gasteiger charge is -2.14. The fourth-order valence-electron chi connectivity index (χ4n) is 3.24. The number of methoxy groups -OCH3 is 3. The molecular weight excluding hydrogens is 439 g/mol. The van der Waals surface area contributed by atoms with Crippen LogP contribution < -0.4 is 19.5 Å². The van der Waals surface area contributed by atoms with Crippen molar-refractivity contribution in [2.24, 2.45) is 0 Å². The molecule has 2 heterocycles. The zero-order valence-corrected chi connectivity index (χ0v) is 18.7. The van der Waals surface area contributed by atoms with Crippen LogP contribution >= 0.6 is 23.2 Å². The Morgan fingerprint density at radius 2 is 1.65 bits per heavy atom. The van der Waals surface area contributed by atoms with E-state index in [4.69, 9.17) is 42.5 Å². The van der Waals surface area contributed by atoms with Crippen LogP contribution in [0.1, 0.15) is 5.56 Å². The minimum Gasteiger partial charge on any atom is -0.493 e. The SMILES string of the molecule is COc1cc(-c2cnc3ccc(NCc4ccc(Cl)c(Cl)c4)nn23)cc(OC)c1OC. The zero-order valence-electron chi connectivity index (χ0n) is 17.1. The topological polar surface area (TPSA) is 69.9 Å². The summed E-state index contributed by atoms with van der Waals surface area (Å²) in [5.41, 5.74) is 3.32. The first-order chi connectivity index (χ1) is 15.0. The third-order valence-corrected chi connectivity index (χ3v) is 5.52. The molecule has 7 nitrogen and oxygen atoms in total. The van der Waals surface area contributed by atoms with Gasteiger partial charge in [-0.15, -0.1) is 5.10 Å². The number of nitrogens with zero attached hydrogens (tertiary/aromatic N) is 3. The number of hydrogen-bond donors (Lipinski definition) is 1. The number of ether oxygens (including phenoxy) is 3. The highest BCUT2D eigenvalue weighted by atomic mass is 35.5. The van der Waals surface area contributed by atoms with Crippen LogP contribution in [0.4, 0.5) is 5.82 Å². The van der Waals surface area contributed by atoms with Gasteiger partial charge in [0, 0.05) is 12.1 Å². The molecule has 0 aliphatic heterocycles. The lowest BCUT2D eigenvalue weighted by atomic mass is 10.1. The number of nitrogens with one attached hydrogen (secondary N) is 1. The summed E-state index contributed by atoms with van der Waals surface area (Å²) in [5.74, 6) is 2.33. The molecule has 0 radical (unpaired) electrons. The average molecular weight is 459 g/mol. The molecule has 0 amide bonds. The van der Waals surface area contributed by atoms with E-state index in [1.165, 1.54) is 0 Å². The highest BCUT2D eigenvalue weighted by molar-refractivity contribution is 6.42. The third-order valence-electron chi connectivity index (χ3n) is 4.78. The van der Waals surface area contributed by atoms with Gasteiger partial charge in [0.15, 0.2) is 17.1 Å². The molecule has 0 atom stereocenters. The van der Waals surface area contributed by atoms with Crippen LogP contribution in [0.3, 0.4) is 0 Å². The maximum absolute atomic E-state index is 6.10. The fourth-order valence-corrected chi connectivity index (χ4v) is 3.56. The lowest BCUT2D eigenvalue weighted by Crippen LogP contribution is -2.05. The monoisotopic (exact) mass is 458 g/mol. The molecule has 4 aromatic rings. The van der Waals surface area contributed by atoms with Gasteiger partial charge in [-0.2, -0.15) is 0 Å². The molecule has 0 fully saturated rings. The number of fused-ring (bicyclic) bond motifs is 1. The molecule has 9 heteroatoms. The molecule has 2 aromatic carbocycles. The van der Waals surface area contributed by atoms with Gasteiger partial charge in [-0.25, -0.2) is 9.50 Å². The molecular formula is C22H20Cl2N4O3. The molecule has 0 unspecified atom stereocenters. The van der Waals surface area contributed by atoms with E-state index < -0.39 is 0 Å². The van der Waals surface area contributed by atoms with E-state index in [0.29, 0.717) is 45.3 Å². The molecule has 0 saturated heterocycles. The van der Waals surface area contributed by atoms with E-state index >= 15 is 0 Å². The molecule has 0 aliphatic carbocycles. The van der Waals surface area contributed by atoms with Gasteiger partial charge in [0.1, 0.15) is 5.82 Å². The predicted molar refractivity (Wildman–Crippen MR) is 122 cm³/mol. The zero-order chi connectivity index (χ0) is 22.0. The maximum atomic E-state index is 6.10. The summed E-state index contributed by atoms with van der Waals surface area (Å²) >= 11 is 12.1. The van der Waals surface area contributed by atoms with Crippen LogP contribution in [0, 0.1) is 0 Å². The summed E-state index contributed by atoms with van der Waals surface area (Å²) in [6.07, 6.45) is 1.76. The van der Waals surface area contributed by atoms with E-state index in [-0.39, 0.29) is 0 Å². The summed E-state index contributed by atoms with van der Waals surface area (Å²) in [7, 11) is 4.74. The normalized spacial score (nSPS) is 10.9. The summed E-state index contributed by atoms with van der Waals surface area (Å²) in [6, 6.07) is 13.0. The van der Waals surface area contributed by atoms with E-state index in [2.05, 4.69) is 10.3 Å². The number of imidazole rings is 1. The minimum atomic E-state index is 0.517. The van der Waals surface area contributed by atoms with Gasteiger partial charge in [-0.1, -0.05) is 29.3 Å². The van der Waals surface area contributed by atoms with Crippen molar-refractivity contribution in [2.45, 2.75) is 6.54 Å². The molecule has 1 N–H and O–H groups in total. The van der Waals surface area contributed by atoms with Crippen LogP contribution in [0.2, 0.25) is 10.0 Å². The molecule has 0 spiro atoms. The average Bonchev–Trinajstić information content (AvgIpc) is 3.22. The molecule has 0 saturated carbocycles. The Hall–Kier alpha value is -3.16. The smallest absolute Gasteiger partial charge is 0.203 e. The quantitative estimate of drug-likeness (QED) is 0.402. The Morgan fingerprint density at radius 1 is 0.903 bits per heavy atom. The summed E-state index contributed by atoms with van der Waals surface area (Å²) < 4.78 is 18.1. The summed E-state index contributed by atoms with van der Waals surface area (Å²) in [6.45, 7) is 0.545. The van der Waals surface area contributed by atoms with Crippen molar-refractivity contribution in [1.82, 2.24) is 14.6 Å². The molecule has 160 valence electrons. The van der Waals surface area contributed by atoms with Crippen LogP contribution in [-0.4, -0.2) is 35.9 Å². The van der Waals surface area contributed by atoms with E-state index in [1.54, 1.807) is 38.1 Å². The first-order valence-corrected chi connectivity index (χ1v) is 10.1. The number of rotatable bonds is 7. The number of hydrogen-bond acceptors (Lipinski definition) is 6. The number of benzene rings is 2. The van der Waals surface area contributed by atoms with Gasteiger partial charge in [0.2, 0.25) is 5.75 Å². The van der Waals surface area contributed by atoms with Gasteiger partial charge in [0.05, 0.1) is 43.3 Å². The molecule has 0 aliphatic rings. The highest BCUT2D eigenvalue weighted by Crippen LogP contribution is 2.41. The van der Waals surface area contributed by atoms with Crippen molar-refractivity contribution < 1.29 is 14.2 Å². The Morgan fingerprint density at radius 3 is 2.29 bits per heavy atom. The van der Waals surface area contributed by atoms with Gasteiger partial charge < -0.3 is 19.5 Å². The first kappa shape index (κ1) is 21.1. The van der Waals surface area contributed by atoms with Gasteiger partial charge in [0.25, 0.3) is 0 Å². The Bertz CT molecular complexity index is 1220. The van der Waals surface area contributed by atoms with Crippen molar-refractivity contribution in [3.63, 3.8) is 0 Å². The Kier molecular flexibility index (Phi) is 6.06. The van der Waals surface area contributed by atoms with E-state index in [1.807, 2.05) is 36.4 Å². The van der Waals surface area contributed by atoms with Crippen LogP contribution in [0.25, 0.3) is 16.9 Å². The number of anilines is 1. The highest BCUT2D eigenvalue weighted by Gasteiger charge is 2.17. The van der Waals surface area contributed by atoms with Crippen molar-refractivity contribution >= 4 is 34.7 Å². The van der Waals surface area contributed by atoms with Gasteiger partial charge in [-0.05, 0) is 42.0 Å². The van der Waals surface area contributed by atoms with Crippen molar-refractivity contribution in [2.75, 3.05) is 26.6 Å². The largest absolute Gasteiger partial charge is 0.493 e. The molecule has 0 bridgehead atoms. The van der Waals surface area contributed by atoms with Crippen molar-refractivity contribution in [1.29, 1.82) is 0 Å². The third kappa shape index (κ3) is 4.19. The van der Waals surface area contributed by atoms with Crippen LogP contribution in [-0.2, 0) is 6.54 Å².